The summed E-state index contributed by atoms with van der Waals surface area (Å²) in [5.41, 5.74) is -0.877. The lowest BCUT2D eigenvalue weighted by molar-refractivity contribution is -0.137. The summed E-state index contributed by atoms with van der Waals surface area (Å²) in [5.74, 6) is 0.353. The van der Waals surface area contributed by atoms with Crippen molar-refractivity contribution < 1.29 is 23.6 Å². The van der Waals surface area contributed by atoms with Crippen molar-refractivity contribution in [3.63, 3.8) is 0 Å². The largest absolute Gasteiger partial charge is 0.465 e. The Bertz CT molecular complexity index is 618. The molecule has 0 saturated carbocycles. The zero-order valence-corrected chi connectivity index (χ0v) is 12.0. The number of rotatable bonds is 3. The Morgan fingerprint density at radius 3 is 2.73 bits per heavy atom. The second-order valence-corrected chi connectivity index (χ2v) is 5.44. The number of ether oxygens (including phenoxy) is 1. The number of amides is 4. The van der Waals surface area contributed by atoms with Gasteiger partial charge in [-0.05, 0) is 24.9 Å². The number of imide groups is 1. The molecule has 0 bridgehead atoms. The van der Waals surface area contributed by atoms with Gasteiger partial charge in [-0.1, -0.05) is 0 Å². The maximum atomic E-state index is 12.1. The zero-order chi connectivity index (χ0) is 15.7. The van der Waals surface area contributed by atoms with Gasteiger partial charge >= 0.3 is 6.03 Å². The summed E-state index contributed by atoms with van der Waals surface area (Å²) >= 11 is 0. The standard InChI is InChI=1S/C13H16N4O5/c1-8-6-9(16-22-8)21-7-10(18)17-4-2-13(3-5-17)11(19)14-12(20)15-13/h6H,2-5,7H2,1H3,(H2,14,15,19,20). The van der Waals surface area contributed by atoms with Crippen LogP contribution in [0.15, 0.2) is 10.6 Å². The van der Waals surface area contributed by atoms with Crippen molar-refractivity contribution in [3.8, 4) is 5.88 Å². The summed E-state index contributed by atoms with van der Waals surface area (Å²) in [5, 5.41) is 8.52. The van der Waals surface area contributed by atoms with Crippen LogP contribution in [0, 0.1) is 6.92 Å². The average Bonchev–Trinajstić information content (AvgIpc) is 3.01. The minimum absolute atomic E-state index is 0.141. The number of aromatic nitrogens is 1. The predicted octanol–water partition coefficient (Wildman–Crippen LogP) is -0.438. The van der Waals surface area contributed by atoms with Crippen LogP contribution in [0.25, 0.3) is 0 Å². The average molecular weight is 308 g/mol. The van der Waals surface area contributed by atoms with Gasteiger partial charge in [0.25, 0.3) is 17.7 Å². The van der Waals surface area contributed by atoms with Crippen LogP contribution in [0.1, 0.15) is 18.6 Å². The van der Waals surface area contributed by atoms with E-state index in [9.17, 15) is 14.4 Å². The Hall–Kier alpha value is -2.58. The number of nitrogens with zero attached hydrogens (tertiary/aromatic N) is 2. The molecular formula is C13H16N4O5. The van der Waals surface area contributed by atoms with Gasteiger partial charge in [0.1, 0.15) is 11.3 Å². The molecule has 2 aliphatic heterocycles. The summed E-state index contributed by atoms with van der Waals surface area (Å²) in [6, 6.07) is 1.12. The second kappa shape index (κ2) is 5.32. The van der Waals surface area contributed by atoms with E-state index in [4.69, 9.17) is 9.26 Å². The van der Waals surface area contributed by atoms with E-state index in [-0.39, 0.29) is 24.3 Å². The number of urea groups is 1. The molecule has 0 atom stereocenters. The van der Waals surface area contributed by atoms with Crippen LogP contribution in [0.4, 0.5) is 4.79 Å². The van der Waals surface area contributed by atoms with Gasteiger partial charge in [0.2, 0.25) is 0 Å². The molecule has 0 aromatic carbocycles. The third-order valence-electron chi connectivity index (χ3n) is 3.93. The van der Waals surface area contributed by atoms with Crippen LogP contribution in [-0.2, 0) is 9.59 Å². The number of aryl methyl sites for hydroxylation is 1. The van der Waals surface area contributed by atoms with Gasteiger partial charge in [-0.2, -0.15) is 0 Å². The summed E-state index contributed by atoms with van der Waals surface area (Å²) in [4.78, 5) is 36.7. The number of carbonyl (C=O) groups is 3. The highest BCUT2D eigenvalue weighted by Gasteiger charge is 2.48. The number of hydrogen-bond donors (Lipinski definition) is 2. The van der Waals surface area contributed by atoms with E-state index in [1.807, 2.05) is 0 Å². The predicted molar refractivity (Wildman–Crippen MR) is 72.0 cm³/mol. The maximum absolute atomic E-state index is 12.1. The number of carbonyl (C=O) groups excluding carboxylic acids is 3. The molecule has 4 amide bonds. The molecule has 2 fully saturated rings. The van der Waals surface area contributed by atoms with E-state index >= 15 is 0 Å². The van der Waals surface area contributed by atoms with Crippen molar-refractivity contribution in [1.82, 2.24) is 20.7 Å². The maximum Gasteiger partial charge on any atom is 0.322 e. The van der Waals surface area contributed by atoms with Gasteiger partial charge < -0.3 is 19.5 Å². The normalized spacial score (nSPS) is 20.0. The molecule has 2 aliphatic rings. The Kier molecular flexibility index (Phi) is 3.47. The number of nitrogens with one attached hydrogen (secondary N) is 2. The number of piperidine rings is 1. The van der Waals surface area contributed by atoms with Gasteiger partial charge in [0.15, 0.2) is 6.61 Å². The van der Waals surface area contributed by atoms with Gasteiger partial charge in [0.05, 0.1) is 0 Å². The highest BCUT2D eigenvalue weighted by molar-refractivity contribution is 6.07. The van der Waals surface area contributed by atoms with E-state index in [0.717, 1.165) is 0 Å². The molecule has 1 aromatic heterocycles. The van der Waals surface area contributed by atoms with Crippen LogP contribution in [0.2, 0.25) is 0 Å². The van der Waals surface area contributed by atoms with Gasteiger partial charge in [0, 0.05) is 19.2 Å². The zero-order valence-electron chi connectivity index (χ0n) is 12.0. The summed E-state index contributed by atoms with van der Waals surface area (Å²) < 4.78 is 10.1. The molecule has 0 unspecified atom stereocenters. The molecule has 9 heteroatoms. The van der Waals surface area contributed by atoms with Crippen LogP contribution in [-0.4, -0.2) is 53.1 Å². The summed E-state index contributed by atoms with van der Waals surface area (Å²) in [6.45, 7) is 2.35. The first kappa shape index (κ1) is 14.4. The Balaban J connectivity index is 1.52. The fraction of sp³-hybridized carbons (Fsp3) is 0.538. The van der Waals surface area contributed by atoms with Crippen molar-refractivity contribution >= 4 is 17.8 Å². The van der Waals surface area contributed by atoms with Gasteiger partial charge in [-0.3, -0.25) is 14.9 Å². The first-order valence-electron chi connectivity index (χ1n) is 6.96. The lowest BCUT2D eigenvalue weighted by Gasteiger charge is -2.36. The first-order valence-corrected chi connectivity index (χ1v) is 6.96. The molecule has 3 heterocycles. The van der Waals surface area contributed by atoms with Gasteiger partial charge in [-0.15, -0.1) is 0 Å². The fourth-order valence-corrected chi connectivity index (χ4v) is 2.66. The van der Waals surface area contributed by atoms with Crippen LogP contribution >= 0.6 is 0 Å². The van der Waals surface area contributed by atoms with Crippen LogP contribution in [0.5, 0.6) is 5.88 Å². The second-order valence-electron chi connectivity index (χ2n) is 5.44. The number of hydrogen-bond acceptors (Lipinski definition) is 6. The van der Waals surface area contributed by atoms with Crippen molar-refractivity contribution in [1.29, 1.82) is 0 Å². The molecule has 2 N–H and O–H groups in total. The topological polar surface area (TPSA) is 114 Å². The van der Waals surface area contributed by atoms with Crippen molar-refractivity contribution in [2.75, 3.05) is 19.7 Å². The van der Waals surface area contributed by atoms with Crippen molar-refractivity contribution in [2.45, 2.75) is 25.3 Å². The molecular weight excluding hydrogens is 292 g/mol. The molecule has 0 aliphatic carbocycles. The Morgan fingerprint density at radius 2 is 2.18 bits per heavy atom. The monoisotopic (exact) mass is 308 g/mol. The van der Waals surface area contributed by atoms with E-state index in [2.05, 4.69) is 15.8 Å². The molecule has 3 rings (SSSR count). The highest BCUT2D eigenvalue weighted by atomic mass is 16.5. The lowest BCUT2D eigenvalue weighted by atomic mass is 9.88. The fourth-order valence-electron chi connectivity index (χ4n) is 2.66. The van der Waals surface area contributed by atoms with Crippen molar-refractivity contribution in [2.24, 2.45) is 0 Å². The molecule has 9 nitrogen and oxygen atoms in total. The van der Waals surface area contributed by atoms with Crippen molar-refractivity contribution in [3.05, 3.63) is 11.8 Å². The minimum atomic E-state index is -0.877. The first-order chi connectivity index (χ1) is 10.5. The third-order valence-corrected chi connectivity index (χ3v) is 3.93. The SMILES string of the molecule is Cc1cc(OCC(=O)N2CCC3(CC2)NC(=O)NC3=O)no1. The Morgan fingerprint density at radius 1 is 1.45 bits per heavy atom. The van der Waals surface area contributed by atoms with E-state index in [0.29, 0.717) is 31.7 Å². The quantitative estimate of drug-likeness (QED) is 0.732. The summed E-state index contributed by atoms with van der Waals surface area (Å²) in [6.07, 6.45) is 0.777. The van der Waals surface area contributed by atoms with E-state index in [1.165, 1.54) is 0 Å². The highest BCUT2D eigenvalue weighted by Crippen LogP contribution is 2.25. The molecule has 1 spiro atoms. The number of likely N-dealkylation sites (tertiary alicyclic amines) is 1. The molecule has 22 heavy (non-hydrogen) atoms. The third kappa shape index (κ3) is 2.61. The van der Waals surface area contributed by atoms with Crippen LogP contribution < -0.4 is 15.4 Å². The smallest absolute Gasteiger partial charge is 0.322 e. The van der Waals surface area contributed by atoms with Gasteiger partial charge in [-0.25, -0.2) is 4.79 Å². The molecule has 118 valence electrons. The minimum Gasteiger partial charge on any atom is -0.465 e. The Labute approximate surface area is 125 Å². The van der Waals surface area contributed by atoms with E-state index < -0.39 is 11.6 Å². The lowest BCUT2D eigenvalue weighted by Crippen LogP contribution is -2.56. The van der Waals surface area contributed by atoms with Crippen LogP contribution in [0.3, 0.4) is 0 Å². The van der Waals surface area contributed by atoms with E-state index in [1.54, 1.807) is 17.9 Å². The molecule has 1 aromatic rings. The molecule has 2 saturated heterocycles. The molecule has 0 radical (unpaired) electrons. The summed E-state index contributed by atoms with van der Waals surface area (Å²) in [7, 11) is 0.